The number of piperidine rings is 1. The van der Waals surface area contributed by atoms with Crippen LogP contribution in [-0.4, -0.2) is 42.2 Å². The van der Waals surface area contributed by atoms with E-state index in [1.54, 1.807) is 7.11 Å². The largest absolute Gasteiger partial charge is 0.378 e. The second-order valence-corrected chi connectivity index (χ2v) is 6.76. The molecule has 1 aromatic carbocycles. The van der Waals surface area contributed by atoms with E-state index in [0.29, 0.717) is 0 Å². The van der Waals surface area contributed by atoms with Crippen LogP contribution in [0.15, 0.2) is 35.3 Å². The standard InChI is InChI=1S/C18H22N4O3/c1-25-15-14(22-16(23)13-10-20-17(24)21-13)11-4-2-3-5-12(11)18(15)6-8-19-9-7-18/h2-5,10,14-15,19H,6-9H2,1H3,(H,22,23)(H2,20,21,24)/t14-,15+/m1/s1. The lowest BCUT2D eigenvalue weighted by atomic mass is 9.72. The second-order valence-electron chi connectivity index (χ2n) is 6.76. The summed E-state index contributed by atoms with van der Waals surface area (Å²) in [4.78, 5) is 28.8. The number of imidazole rings is 1. The number of hydrogen-bond donors (Lipinski definition) is 4. The first-order valence-electron chi connectivity index (χ1n) is 8.57. The normalized spacial score (nSPS) is 24.2. The molecule has 0 unspecified atom stereocenters. The fourth-order valence-electron chi connectivity index (χ4n) is 4.47. The summed E-state index contributed by atoms with van der Waals surface area (Å²) in [5.41, 5.74) is 2.09. The third-order valence-corrected chi connectivity index (χ3v) is 5.56. The maximum atomic E-state index is 12.6. The summed E-state index contributed by atoms with van der Waals surface area (Å²) < 4.78 is 5.92. The Kier molecular flexibility index (Phi) is 3.97. The molecule has 2 aliphatic rings. The van der Waals surface area contributed by atoms with Crippen LogP contribution in [0, 0.1) is 0 Å². The van der Waals surface area contributed by atoms with Gasteiger partial charge >= 0.3 is 5.69 Å². The molecular weight excluding hydrogens is 320 g/mol. The lowest BCUT2D eigenvalue weighted by Crippen LogP contribution is -2.49. The van der Waals surface area contributed by atoms with Gasteiger partial charge in [-0.15, -0.1) is 0 Å². The van der Waals surface area contributed by atoms with Gasteiger partial charge in [0.15, 0.2) is 0 Å². The van der Waals surface area contributed by atoms with Crippen molar-refractivity contribution >= 4 is 5.91 Å². The lowest BCUT2D eigenvalue weighted by Gasteiger charge is -2.40. The average Bonchev–Trinajstić information content (AvgIpc) is 3.17. The molecule has 25 heavy (non-hydrogen) atoms. The Morgan fingerprint density at radius 1 is 1.28 bits per heavy atom. The Morgan fingerprint density at radius 3 is 2.72 bits per heavy atom. The minimum atomic E-state index is -0.393. The number of aromatic amines is 2. The predicted molar refractivity (Wildman–Crippen MR) is 92.6 cm³/mol. The molecule has 0 radical (unpaired) electrons. The summed E-state index contributed by atoms with van der Waals surface area (Å²) >= 11 is 0. The number of amides is 1. The van der Waals surface area contributed by atoms with Crippen molar-refractivity contribution in [3.63, 3.8) is 0 Å². The van der Waals surface area contributed by atoms with Crippen molar-refractivity contribution in [2.24, 2.45) is 0 Å². The Hall–Kier alpha value is -2.38. The van der Waals surface area contributed by atoms with Gasteiger partial charge in [0.1, 0.15) is 5.69 Å². The van der Waals surface area contributed by atoms with E-state index in [2.05, 4.69) is 32.7 Å². The van der Waals surface area contributed by atoms with Crippen molar-refractivity contribution in [2.75, 3.05) is 20.2 Å². The fourth-order valence-corrected chi connectivity index (χ4v) is 4.47. The Balaban J connectivity index is 1.71. The number of ether oxygens (including phenoxy) is 1. The Morgan fingerprint density at radius 2 is 2.04 bits per heavy atom. The van der Waals surface area contributed by atoms with E-state index in [4.69, 9.17) is 4.74 Å². The van der Waals surface area contributed by atoms with Gasteiger partial charge in [-0.05, 0) is 37.1 Å². The molecule has 1 saturated heterocycles. The number of hydrogen-bond acceptors (Lipinski definition) is 4. The number of fused-ring (bicyclic) bond motifs is 2. The van der Waals surface area contributed by atoms with Crippen molar-refractivity contribution in [1.82, 2.24) is 20.6 Å². The van der Waals surface area contributed by atoms with Crippen LogP contribution in [0.2, 0.25) is 0 Å². The topological polar surface area (TPSA) is 99.0 Å². The molecule has 1 amide bonds. The molecule has 2 aromatic rings. The van der Waals surface area contributed by atoms with Crippen LogP contribution < -0.4 is 16.3 Å². The molecule has 1 aliphatic carbocycles. The van der Waals surface area contributed by atoms with E-state index in [9.17, 15) is 9.59 Å². The van der Waals surface area contributed by atoms with Gasteiger partial charge in [0.2, 0.25) is 0 Å². The zero-order valence-electron chi connectivity index (χ0n) is 14.1. The number of rotatable bonds is 3. The fraction of sp³-hybridized carbons (Fsp3) is 0.444. The molecule has 7 nitrogen and oxygen atoms in total. The molecule has 1 aromatic heterocycles. The molecule has 7 heteroatoms. The van der Waals surface area contributed by atoms with E-state index >= 15 is 0 Å². The van der Waals surface area contributed by atoms with Gasteiger partial charge in [-0.2, -0.15) is 0 Å². The van der Waals surface area contributed by atoms with E-state index in [1.165, 1.54) is 11.8 Å². The van der Waals surface area contributed by atoms with Gasteiger partial charge in [-0.25, -0.2) is 4.79 Å². The highest BCUT2D eigenvalue weighted by atomic mass is 16.5. The number of carbonyl (C=O) groups excluding carboxylic acids is 1. The zero-order valence-corrected chi connectivity index (χ0v) is 14.1. The molecule has 4 rings (SSSR count). The minimum absolute atomic E-state index is 0.0971. The van der Waals surface area contributed by atoms with Gasteiger partial charge in [0.05, 0.1) is 12.1 Å². The lowest BCUT2D eigenvalue weighted by molar-refractivity contribution is 0.00392. The van der Waals surface area contributed by atoms with Crippen LogP contribution in [0.25, 0.3) is 0 Å². The van der Waals surface area contributed by atoms with Crippen molar-refractivity contribution in [3.8, 4) is 0 Å². The number of benzene rings is 1. The van der Waals surface area contributed by atoms with Crippen LogP contribution in [0.5, 0.6) is 0 Å². The molecule has 0 saturated carbocycles. The van der Waals surface area contributed by atoms with E-state index < -0.39 is 5.69 Å². The van der Waals surface area contributed by atoms with Crippen LogP contribution in [0.4, 0.5) is 0 Å². The highest BCUT2D eigenvalue weighted by molar-refractivity contribution is 5.92. The molecular formula is C18H22N4O3. The average molecular weight is 342 g/mol. The smallest absolute Gasteiger partial charge is 0.323 e. The van der Waals surface area contributed by atoms with Gasteiger partial charge in [-0.1, -0.05) is 24.3 Å². The molecule has 1 spiro atoms. The van der Waals surface area contributed by atoms with Gasteiger partial charge in [0, 0.05) is 18.7 Å². The van der Waals surface area contributed by atoms with Gasteiger partial charge < -0.3 is 25.3 Å². The quantitative estimate of drug-likeness (QED) is 0.664. The summed E-state index contributed by atoms with van der Waals surface area (Å²) in [6.45, 7) is 1.86. The predicted octanol–water partition coefficient (Wildman–Crippen LogP) is 0.824. The first kappa shape index (κ1) is 16.1. The SMILES string of the molecule is CO[C@H]1[C@H](NC(=O)c2c[nH]c(=O)[nH]2)c2ccccc2C12CCNCC2. The first-order valence-corrected chi connectivity index (χ1v) is 8.57. The van der Waals surface area contributed by atoms with Crippen molar-refractivity contribution in [1.29, 1.82) is 0 Å². The van der Waals surface area contributed by atoms with Gasteiger partial charge in [0.25, 0.3) is 5.91 Å². The maximum Gasteiger partial charge on any atom is 0.323 e. The first-order chi connectivity index (χ1) is 12.2. The molecule has 2 heterocycles. The van der Waals surface area contributed by atoms with Crippen LogP contribution in [-0.2, 0) is 10.2 Å². The Labute approximate surface area is 145 Å². The Bertz CT molecular complexity index is 835. The highest BCUT2D eigenvalue weighted by Crippen LogP contribution is 2.51. The van der Waals surface area contributed by atoms with Crippen LogP contribution in [0.1, 0.15) is 40.5 Å². The van der Waals surface area contributed by atoms with Gasteiger partial charge in [-0.3, -0.25) is 4.79 Å². The van der Waals surface area contributed by atoms with E-state index in [-0.39, 0.29) is 29.2 Å². The van der Waals surface area contributed by atoms with E-state index in [1.807, 2.05) is 12.1 Å². The molecule has 2 atom stereocenters. The van der Waals surface area contributed by atoms with Crippen LogP contribution >= 0.6 is 0 Å². The summed E-state index contributed by atoms with van der Waals surface area (Å²) in [6, 6.07) is 8.00. The third-order valence-electron chi connectivity index (χ3n) is 5.56. The molecule has 1 aliphatic heterocycles. The summed E-state index contributed by atoms with van der Waals surface area (Å²) in [5, 5.41) is 6.47. The zero-order chi connectivity index (χ0) is 17.4. The maximum absolute atomic E-state index is 12.6. The number of aromatic nitrogens is 2. The monoisotopic (exact) mass is 342 g/mol. The molecule has 1 fully saturated rings. The number of carbonyl (C=O) groups is 1. The van der Waals surface area contributed by atoms with Crippen molar-refractivity contribution < 1.29 is 9.53 Å². The summed E-state index contributed by atoms with van der Waals surface area (Å²) in [7, 11) is 1.71. The van der Waals surface area contributed by atoms with Crippen LogP contribution in [0.3, 0.4) is 0 Å². The summed E-state index contributed by atoms with van der Waals surface area (Å²) in [5.74, 6) is -0.314. The van der Waals surface area contributed by atoms with E-state index in [0.717, 1.165) is 31.5 Å². The number of nitrogens with one attached hydrogen (secondary N) is 4. The van der Waals surface area contributed by atoms with Crippen molar-refractivity contribution in [2.45, 2.75) is 30.4 Å². The number of methoxy groups -OCH3 is 1. The molecule has 4 N–H and O–H groups in total. The molecule has 132 valence electrons. The highest BCUT2D eigenvalue weighted by Gasteiger charge is 2.53. The minimum Gasteiger partial charge on any atom is -0.378 e. The summed E-state index contributed by atoms with van der Waals surface area (Å²) in [6.07, 6.45) is 3.19. The van der Waals surface area contributed by atoms with Crippen molar-refractivity contribution in [3.05, 3.63) is 57.8 Å². The molecule has 0 bridgehead atoms. The second kappa shape index (κ2) is 6.16. The number of H-pyrrole nitrogens is 2. The third kappa shape index (κ3) is 2.51.